The number of benzene rings is 2. The van der Waals surface area contributed by atoms with Crippen LogP contribution in [0.5, 0.6) is 0 Å². The van der Waals surface area contributed by atoms with Crippen molar-refractivity contribution in [2.75, 3.05) is 0 Å². The zero-order valence-corrected chi connectivity index (χ0v) is 12.2. The molecule has 0 aliphatic heterocycles. The molecule has 0 saturated heterocycles. The first-order valence-electron chi connectivity index (χ1n) is 6.86. The van der Waals surface area contributed by atoms with E-state index in [9.17, 15) is 0 Å². The predicted molar refractivity (Wildman–Crippen MR) is 83.6 cm³/mol. The first-order chi connectivity index (χ1) is 9.09. The normalized spacial score (nSPS) is 10.8. The van der Waals surface area contributed by atoms with Gasteiger partial charge in [0.2, 0.25) is 0 Å². The van der Waals surface area contributed by atoms with Gasteiger partial charge in [0.1, 0.15) is 0 Å². The number of aryl methyl sites for hydroxylation is 2. The van der Waals surface area contributed by atoms with E-state index in [2.05, 4.69) is 76.2 Å². The summed E-state index contributed by atoms with van der Waals surface area (Å²) in [6.45, 7) is 8.48. The molecule has 0 radical (unpaired) electrons. The molecular weight excluding hydrogens is 231 g/mol. The average Bonchev–Trinajstić information content (AvgIpc) is 2.37. The van der Waals surface area contributed by atoms with Gasteiger partial charge in [0, 0.05) is 6.10 Å². The third-order valence-corrected chi connectivity index (χ3v) is 3.35. The minimum atomic E-state index is 0.0161. The van der Waals surface area contributed by atoms with Crippen molar-refractivity contribution in [2.24, 2.45) is 0 Å². The van der Waals surface area contributed by atoms with Gasteiger partial charge in [-0.15, -0.1) is 0 Å². The van der Waals surface area contributed by atoms with Gasteiger partial charge >= 0.3 is 6.92 Å². The molecule has 0 aliphatic rings. The van der Waals surface area contributed by atoms with Crippen LogP contribution in [0, 0.1) is 13.8 Å². The fourth-order valence-corrected chi connectivity index (χ4v) is 2.35. The van der Waals surface area contributed by atoms with E-state index in [1.165, 1.54) is 22.1 Å². The quantitative estimate of drug-likeness (QED) is 0.760. The monoisotopic (exact) mass is 252 g/mol. The van der Waals surface area contributed by atoms with Crippen LogP contribution in [0.4, 0.5) is 0 Å². The van der Waals surface area contributed by atoms with E-state index in [1.54, 1.807) is 0 Å². The molecule has 19 heavy (non-hydrogen) atoms. The molecule has 0 atom stereocenters. The fraction of sp³-hybridized carbons (Fsp3) is 0.294. The zero-order valence-electron chi connectivity index (χ0n) is 12.2. The Morgan fingerprint density at radius 3 is 1.58 bits per heavy atom. The van der Waals surface area contributed by atoms with E-state index in [0.717, 1.165) is 0 Å². The van der Waals surface area contributed by atoms with Gasteiger partial charge in [-0.3, -0.25) is 0 Å². The minimum Gasteiger partial charge on any atom is -0.425 e. The molecule has 0 bridgehead atoms. The average molecular weight is 252 g/mol. The van der Waals surface area contributed by atoms with Gasteiger partial charge in [-0.05, 0) is 38.6 Å². The predicted octanol–water partition coefficient (Wildman–Crippen LogP) is 2.83. The van der Waals surface area contributed by atoms with Crippen LogP contribution in [0.2, 0.25) is 0 Å². The summed E-state index contributed by atoms with van der Waals surface area (Å²) < 4.78 is 6.18. The maximum Gasteiger partial charge on any atom is 0.362 e. The van der Waals surface area contributed by atoms with Crippen LogP contribution in [0.3, 0.4) is 0 Å². The first kappa shape index (κ1) is 13.9. The Bertz CT molecular complexity index is 503. The molecule has 0 aliphatic carbocycles. The van der Waals surface area contributed by atoms with Crippen LogP contribution in [0.15, 0.2) is 48.5 Å². The summed E-state index contributed by atoms with van der Waals surface area (Å²) in [5.41, 5.74) is 5.06. The van der Waals surface area contributed by atoms with Gasteiger partial charge in [-0.1, -0.05) is 59.7 Å². The van der Waals surface area contributed by atoms with E-state index >= 15 is 0 Å². The highest BCUT2D eigenvalue weighted by Crippen LogP contribution is 2.04. The number of hydrogen-bond donors (Lipinski definition) is 0. The van der Waals surface area contributed by atoms with Gasteiger partial charge in [0.25, 0.3) is 0 Å². The van der Waals surface area contributed by atoms with E-state index in [0.29, 0.717) is 0 Å². The molecule has 2 heteroatoms. The Morgan fingerprint density at radius 2 is 1.21 bits per heavy atom. The van der Waals surface area contributed by atoms with Crippen molar-refractivity contribution in [1.82, 2.24) is 0 Å². The molecule has 0 N–H and O–H groups in total. The zero-order chi connectivity index (χ0) is 13.8. The molecule has 0 spiro atoms. The topological polar surface area (TPSA) is 9.23 Å². The third-order valence-electron chi connectivity index (χ3n) is 3.35. The molecule has 2 rings (SSSR count). The second kappa shape index (κ2) is 6.07. The highest BCUT2D eigenvalue weighted by atomic mass is 16.4. The Labute approximate surface area is 116 Å². The van der Waals surface area contributed by atoms with E-state index < -0.39 is 0 Å². The third kappa shape index (κ3) is 3.27. The van der Waals surface area contributed by atoms with Crippen LogP contribution < -0.4 is 10.9 Å². The highest BCUT2D eigenvalue weighted by Gasteiger charge is 2.25. The lowest BCUT2D eigenvalue weighted by Gasteiger charge is -2.21. The van der Waals surface area contributed by atoms with Gasteiger partial charge < -0.3 is 4.65 Å². The van der Waals surface area contributed by atoms with E-state index in [4.69, 9.17) is 4.65 Å². The minimum absolute atomic E-state index is 0.0161. The van der Waals surface area contributed by atoms with E-state index in [-0.39, 0.29) is 13.0 Å². The van der Waals surface area contributed by atoms with Crippen molar-refractivity contribution in [3.05, 3.63) is 59.7 Å². The Balaban J connectivity index is 2.48. The van der Waals surface area contributed by atoms with Gasteiger partial charge in [-0.25, -0.2) is 0 Å². The molecule has 0 unspecified atom stereocenters. The van der Waals surface area contributed by atoms with Crippen molar-refractivity contribution in [2.45, 2.75) is 33.8 Å². The maximum absolute atomic E-state index is 6.18. The van der Waals surface area contributed by atoms with Crippen molar-refractivity contribution in [1.29, 1.82) is 0 Å². The lowest BCUT2D eigenvalue weighted by Crippen LogP contribution is -2.48. The summed E-state index contributed by atoms with van der Waals surface area (Å²) in [4.78, 5) is 0. The van der Waals surface area contributed by atoms with Crippen molar-refractivity contribution < 1.29 is 4.65 Å². The number of hydrogen-bond acceptors (Lipinski definition) is 1. The van der Waals surface area contributed by atoms with Crippen molar-refractivity contribution >= 4 is 17.8 Å². The molecular formula is C17H21BO. The van der Waals surface area contributed by atoms with Gasteiger partial charge in [-0.2, -0.15) is 0 Å². The van der Waals surface area contributed by atoms with Crippen LogP contribution in [-0.2, 0) is 4.65 Å². The SMILES string of the molecule is Cc1ccccc1B(OC(C)C)c1ccccc1C. The molecule has 0 aromatic heterocycles. The van der Waals surface area contributed by atoms with Gasteiger partial charge in [0.05, 0.1) is 0 Å². The molecule has 0 saturated carbocycles. The van der Waals surface area contributed by atoms with Crippen molar-refractivity contribution in [3.8, 4) is 0 Å². The smallest absolute Gasteiger partial charge is 0.362 e. The first-order valence-corrected chi connectivity index (χ1v) is 6.86. The standard InChI is InChI=1S/C17H21BO/c1-13(2)19-18(16-11-7-5-9-14(16)3)17-12-8-6-10-15(17)4/h5-13H,1-4H3. The molecule has 0 amide bonds. The van der Waals surface area contributed by atoms with Crippen LogP contribution in [0.1, 0.15) is 25.0 Å². The second-order valence-corrected chi connectivity index (χ2v) is 5.28. The second-order valence-electron chi connectivity index (χ2n) is 5.28. The summed E-state index contributed by atoms with van der Waals surface area (Å²) in [6.07, 6.45) is 0.198. The Hall–Kier alpha value is -1.54. The molecule has 98 valence electrons. The number of rotatable bonds is 4. The maximum atomic E-state index is 6.18. The molecule has 0 fully saturated rings. The highest BCUT2D eigenvalue weighted by molar-refractivity contribution is 6.80. The fourth-order valence-electron chi connectivity index (χ4n) is 2.35. The summed E-state index contributed by atoms with van der Waals surface area (Å²) >= 11 is 0. The summed E-state index contributed by atoms with van der Waals surface area (Å²) in [5, 5.41) is 0. The van der Waals surface area contributed by atoms with Crippen molar-refractivity contribution in [3.63, 3.8) is 0 Å². The summed E-state index contributed by atoms with van der Waals surface area (Å²) in [7, 11) is 0. The lowest BCUT2D eigenvalue weighted by atomic mass is 9.53. The largest absolute Gasteiger partial charge is 0.425 e. The summed E-state index contributed by atoms with van der Waals surface area (Å²) in [6, 6.07) is 16.9. The lowest BCUT2D eigenvalue weighted by molar-refractivity contribution is 0.253. The molecule has 2 aromatic rings. The van der Waals surface area contributed by atoms with Gasteiger partial charge in [0.15, 0.2) is 0 Å². The van der Waals surface area contributed by atoms with Crippen LogP contribution in [0.25, 0.3) is 0 Å². The molecule has 1 nitrogen and oxygen atoms in total. The molecule has 2 aromatic carbocycles. The van der Waals surface area contributed by atoms with Crippen LogP contribution in [-0.4, -0.2) is 13.0 Å². The Morgan fingerprint density at radius 1 is 0.789 bits per heavy atom. The molecule has 0 heterocycles. The van der Waals surface area contributed by atoms with E-state index in [1.807, 2.05) is 0 Å². The summed E-state index contributed by atoms with van der Waals surface area (Å²) in [5.74, 6) is 0. The van der Waals surface area contributed by atoms with Crippen LogP contribution >= 0.6 is 0 Å². The Kier molecular flexibility index (Phi) is 4.44.